The quantitative estimate of drug-likeness (QED) is 0.902. The van der Waals surface area contributed by atoms with Crippen LogP contribution < -0.4 is 4.74 Å². The van der Waals surface area contributed by atoms with Crippen LogP contribution in [0.15, 0.2) is 24.3 Å². The molecule has 1 aliphatic heterocycles. The summed E-state index contributed by atoms with van der Waals surface area (Å²) in [5.41, 5.74) is -0.456. The highest BCUT2D eigenvalue weighted by Crippen LogP contribution is 2.22. The average Bonchev–Trinajstić information content (AvgIpc) is 2.85. The van der Waals surface area contributed by atoms with Gasteiger partial charge < -0.3 is 14.7 Å². The molecule has 106 valence electrons. The van der Waals surface area contributed by atoms with Crippen molar-refractivity contribution in [3.05, 3.63) is 29.8 Å². The van der Waals surface area contributed by atoms with Gasteiger partial charge in [0.2, 0.25) is 0 Å². The maximum absolute atomic E-state index is 12.4. The van der Waals surface area contributed by atoms with E-state index in [0.717, 1.165) is 0 Å². The third kappa shape index (κ3) is 3.09. The van der Waals surface area contributed by atoms with Crippen LogP contribution in [0.4, 0.5) is 0 Å². The molecule has 0 bridgehead atoms. The maximum Gasteiger partial charge on any atom is 0.266 e. The molecule has 0 aliphatic carbocycles. The number of nitriles is 1. The van der Waals surface area contributed by atoms with Gasteiger partial charge in [-0.15, -0.1) is 0 Å². The van der Waals surface area contributed by atoms with E-state index in [2.05, 4.69) is 0 Å². The molecular weight excluding hydrogens is 256 g/mol. The Hall–Kier alpha value is -2.06. The number of hydrogen-bond acceptors (Lipinski definition) is 4. The number of β-amino-alcohol motifs (C(OH)–C–C–N with tert-alkyl or cyclic N) is 1. The zero-order valence-corrected chi connectivity index (χ0v) is 11.7. The first-order valence-corrected chi connectivity index (χ1v) is 6.59. The topological polar surface area (TPSA) is 73.6 Å². The molecule has 1 aliphatic rings. The van der Waals surface area contributed by atoms with Crippen LogP contribution in [-0.2, 0) is 4.79 Å². The minimum Gasteiger partial charge on any atom is -0.478 e. The molecule has 1 amide bonds. The molecule has 1 N–H and O–H groups in total. The molecule has 1 aromatic carbocycles. The molecule has 0 unspecified atom stereocenters. The second-order valence-electron chi connectivity index (χ2n) is 5.44. The van der Waals surface area contributed by atoms with E-state index in [-0.39, 0.29) is 5.91 Å². The third-order valence-electron chi connectivity index (χ3n) is 3.32. The van der Waals surface area contributed by atoms with Gasteiger partial charge in [-0.05, 0) is 44.5 Å². The molecule has 1 saturated heterocycles. The molecule has 0 radical (unpaired) electrons. The smallest absolute Gasteiger partial charge is 0.266 e. The number of benzene rings is 1. The zero-order chi connectivity index (χ0) is 14.8. The molecule has 1 aromatic rings. The zero-order valence-electron chi connectivity index (χ0n) is 11.7. The number of nitrogens with zero attached hydrogens (tertiary/aromatic N) is 2. The molecule has 0 saturated carbocycles. The standard InChI is InChI=1S/C15H18N2O3/c1-15(2,14(19)17-8-7-12(18)10-17)20-13-5-3-11(9-16)4-6-13/h3-6,12,18H,7-8,10H2,1-2H3/t12-/m1/s1. The van der Waals surface area contributed by atoms with Crippen LogP contribution in [0, 0.1) is 11.3 Å². The normalized spacial score (nSPS) is 18.7. The molecule has 2 rings (SSSR count). The van der Waals surface area contributed by atoms with Gasteiger partial charge in [-0.1, -0.05) is 0 Å². The Balaban J connectivity index is 2.05. The number of carbonyl (C=O) groups is 1. The Morgan fingerprint density at radius 3 is 2.60 bits per heavy atom. The largest absolute Gasteiger partial charge is 0.478 e. The second kappa shape index (κ2) is 5.51. The Morgan fingerprint density at radius 2 is 2.10 bits per heavy atom. The predicted molar refractivity (Wildman–Crippen MR) is 73.1 cm³/mol. The van der Waals surface area contributed by atoms with Crippen molar-refractivity contribution in [3.8, 4) is 11.8 Å². The van der Waals surface area contributed by atoms with E-state index in [1.54, 1.807) is 43.0 Å². The third-order valence-corrected chi connectivity index (χ3v) is 3.32. The summed E-state index contributed by atoms with van der Waals surface area (Å²) >= 11 is 0. The van der Waals surface area contributed by atoms with Gasteiger partial charge in [-0.3, -0.25) is 4.79 Å². The van der Waals surface area contributed by atoms with Crippen molar-refractivity contribution in [2.75, 3.05) is 13.1 Å². The van der Waals surface area contributed by atoms with Gasteiger partial charge in [0, 0.05) is 13.1 Å². The molecule has 0 spiro atoms. The lowest BCUT2D eigenvalue weighted by Crippen LogP contribution is -2.48. The van der Waals surface area contributed by atoms with Crippen molar-refractivity contribution in [1.82, 2.24) is 4.90 Å². The summed E-state index contributed by atoms with van der Waals surface area (Å²) in [6.07, 6.45) is 0.170. The molecule has 5 nitrogen and oxygen atoms in total. The molecular formula is C15H18N2O3. The molecule has 5 heteroatoms. The summed E-state index contributed by atoms with van der Waals surface area (Å²) in [5, 5.41) is 18.2. The minimum atomic E-state index is -1.00. The van der Waals surface area contributed by atoms with Crippen molar-refractivity contribution in [3.63, 3.8) is 0 Å². The Morgan fingerprint density at radius 1 is 1.45 bits per heavy atom. The first kappa shape index (κ1) is 14.4. The van der Waals surface area contributed by atoms with E-state index in [0.29, 0.717) is 30.8 Å². The molecule has 20 heavy (non-hydrogen) atoms. The number of aliphatic hydroxyl groups excluding tert-OH is 1. The van der Waals surface area contributed by atoms with Crippen molar-refractivity contribution in [2.24, 2.45) is 0 Å². The number of rotatable bonds is 3. The number of hydrogen-bond donors (Lipinski definition) is 1. The summed E-state index contributed by atoms with van der Waals surface area (Å²) in [7, 11) is 0. The van der Waals surface area contributed by atoms with Crippen LogP contribution in [0.5, 0.6) is 5.75 Å². The highest BCUT2D eigenvalue weighted by molar-refractivity contribution is 5.85. The number of ether oxygens (including phenoxy) is 1. The summed E-state index contributed by atoms with van der Waals surface area (Å²) < 4.78 is 5.73. The fourth-order valence-electron chi connectivity index (χ4n) is 2.24. The van der Waals surface area contributed by atoms with Gasteiger partial charge >= 0.3 is 0 Å². The van der Waals surface area contributed by atoms with Crippen LogP contribution in [0.1, 0.15) is 25.8 Å². The maximum atomic E-state index is 12.4. The van der Waals surface area contributed by atoms with Crippen molar-refractivity contribution in [1.29, 1.82) is 5.26 Å². The van der Waals surface area contributed by atoms with Crippen molar-refractivity contribution < 1.29 is 14.6 Å². The van der Waals surface area contributed by atoms with Gasteiger partial charge in [0.15, 0.2) is 5.60 Å². The minimum absolute atomic E-state index is 0.140. The Labute approximate surface area is 118 Å². The molecule has 0 aromatic heterocycles. The van der Waals surface area contributed by atoms with Crippen molar-refractivity contribution in [2.45, 2.75) is 32.0 Å². The van der Waals surface area contributed by atoms with Crippen LogP contribution in [0.25, 0.3) is 0 Å². The van der Waals surface area contributed by atoms with E-state index >= 15 is 0 Å². The summed E-state index contributed by atoms with van der Waals surface area (Å²) in [6.45, 7) is 4.33. The molecule has 1 atom stereocenters. The van der Waals surface area contributed by atoms with E-state index < -0.39 is 11.7 Å². The Kier molecular flexibility index (Phi) is 3.96. The van der Waals surface area contributed by atoms with Crippen LogP contribution >= 0.6 is 0 Å². The van der Waals surface area contributed by atoms with Gasteiger partial charge in [0.05, 0.1) is 17.7 Å². The predicted octanol–water partition coefficient (Wildman–Crippen LogP) is 1.31. The fraction of sp³-hybridized carbons (Fsp3) is 0.467. The summed E-state index contributed by atoms with van der Waals surface area (Å²) in [6, 6.07) is 8.67. The van der Waals surface area contributed by atoms with E-state index in [4.69, 9.17) is 10.00 Å². The van der Waals surface area contributed by atoms with Crippen LogP contribution in [0.3, 0.4) is 0 Å². The van der Waals surface area contributed by atoms with Gasteiger partial charge in [-0.25, -0.2) is 0 Å². The fourth-order valence-corrected chi connectivity index (χ4v) is 2.24. The van der Waals surface area contributed by atoms with E-state index in [1.807, 2.05) is 6.07 Å². The lowest BCUT2D eigenvalue weighted by molar-refractivity contribution is -0.144. The van der Waals surface area contributed by atoms with Crippen molar-refractivity contribution >= 4 is 5.91 Å². The van der Waals surface area contributed by atoms with Crippen LogP contribution in [-0.4, -0.2) is 40.7 Å². The van der Waals surface area contributed by atoms with Gasteiger partial charge in [-0.2, -0.15) is 5.26 Å². The molecule has 1 fully saturated rings. The summed E-state index contributed by atoms with van der Waals surface area (Å²) in [4.78, 5) is 14.0. The first-order valence-electron chi connectivity index (χ1n) is 6.59. The van der Waals surface area contributed by atoms with Gasteiger partial charge in [0.25, 0.3) is 5.91 Å². The average molecular weight is 274 g/mol. The second-order valence-corrected chi connectivity index (χ2v) is 5.44. The van der Waals surface area contributed by atoms with E-state index in [1.165, 1.54) is 0 Å². The SMILES string of the molecule is CC(C)(Oc1ccc(C#N)cc1)C(=O)N1CC[C@@H](O)C1. The van der Waals surface area contributed by atoms with Gasteiger partial charge in [0.1, 0.15) is 5.75 Å². The highest BCUT2D eigenvalue weighted by Gasteiger charge is 2.37. The number of carbonyl (C=O) groups excluding carboxylic acids is 1. The van der Waals surface area contributed by atoms with E-state index in [9.17, 15) is 9.90 Å². The number of aliphatic hydroxyl groups is 1. The lowest BCUT2D eigenvalue weighted by atomic mass is 10.1. The first-order chi connectivity index (χ1) is 9.42. The Bertz CT molecular complexity index is 531. The number of likely N-dealkylation sites (tertiary alicyclic amines) is 1. The van der Waals surface area contributed by atoms with Crippen LogP contribution in [0.2, 0.25) is 0 Å². The highest BCUT2D eigenvalue weighted by atomic mass is 16.5. The lowest BCUT2D eigenvalue weighted by Gasteiger charge is -2.29. The monoisotopic (exact) mass is 274 g/mol. The number of amides is 1. The summed E-state index contributed by atoms with van der Waals surface area (Å²) in [5.74, 6) is 0.403. The molecule has 1 heterocycles.